The van der Waals surface area contributed by atoms with Gasteiger partial charge in [-0.25, -0.2) is 0 Å². The van der Waals surface area contributed by atoms with Crippen molar-refractivity contribution < 1.29 is 18.0 Å². The van der Waals surface area contributed by atoms with Crippen LogP contribution in [0.15, 0.2) is 48.5 Å². The van der Waals surface area contributed by atoms with Crippen molar-refractivity contribution in [1.82, 2.24) is 5.32 Å². The van der Waals surface area contributed by atoms with Crippen molar-refractivity contribution in [2.24, 2.45) is 5.92 Å². The van der Waals surface area contributed by atoms with Crippen molar-refractivity contribution in [3.63, 3.8) is 0 Å². The van der Waals surface area contributed by atoms with E-state index < -0.39 is 17.6 Å². The highest BCUT2D eigenvalue weighted by Crippen LogP contribution is 2.30. The summed E-state index contributed by atoms with van der Waals surface area (Å²) in [5, 5.41) is 6.39. The fraction of sp³-hybridized carbons (Fsp3) is 0.458. The maximum absolute atomic E-state index is 12.8. The van der Waals surface area contributed by atoms with Crippen molar-refractivity contribution in [3.05, 3.63) is 65.2 Å². The maximum atomic E-state index is 12.8. The molecule has 0 spiro atoms. The van der Waals surface area contributed by atoms with Gasteiger partial charge in [0.15, 0.2) is 0 Å². The van der Waals surface area contributed by atoms with Crippen LogP contribution in [0.2, 0.25) is 0 Å². The van der Waals surface area contributed by atoms with Crippen LogP contribution in [0.5, 0.6) is 0 Å². The second-order valence-corrected chi connectivity index (χ2v) is 8.43. The number of rotatable bonds is 6. The monoisotopic (exact) mass is 418 g/mol. The summed E-state index contributed by atoms with van der Waals surface area (Å²) < 4.78 is 38.5. The topological polar surface area (TPSA) is 41.1 Å². The van der Waals surface area contributed by atoms with Gasteiger partial charge in [-0.1, -0.05) is 32.0 Å². The Morgan fingerprint density at radius 3 is 2.30 bits per heavy atom. The lowest BCUT2D eigenvalue weighted by Gasteiger charge is -2.29. The van der Waals surface area contributed by atoms with Gasteiger partial charge in [-0.2, -0.15) is 13.2 Å². The van der Waals surface area contributed by atoms with E-state index in [9.17, 15) is 18.0 Å². The highest BCUT2D eigenvalue weighted by atomic mass is 19.4. The minimum absolute atomic E-state index is 0.00798. The molecule has 0 aromatic heterocycles. The molecule has 1 amide bonds. The summed E-state index contributed by atoms with van der Waals surface area (Å²) >= 11 is 0. The molecule has 162 valence electrons. The number of benzene rings is 2. The van der Waals surface area contributed by atoms with Gasteiger partial charge in [0.2, 0.25) is 0 Å². The zero-order chi connectivity index (χ0) is 21.7. The summed E-state index contributed by atoms with van der Waals surface area (Å²) in [4.78, 5) is 12.4. The van der Waals surface area contributed by atoms with Crippen LogP contribution in [0.3, 0.4) is 0 Å². The Morgan fingerprint density at radius 2 is 1.70 bits per heavy atom. The molecule has 0 heterocycles. The number of carbonyl (C=O) groups is 1. The normalized spacial score (nSPS) is 19.5. The van der Waals surface area contributed by atoms with Crippen LogP contribution in [-0.4, -0.2) is 18.5 Å². The maximum Gasteiger partial charge on any atom is 0.416 e. The first-order valence-corrected chi connectivity index (χ1v) is 10.5. The Kier molecular flexibility index (Phi) is 7.06. The average Bonchev–Trinajstić information content (AvgIpc) is 2.73. The zero-order valence-electron chi connectivity index (χ0n) is 17.4. The van der Waals surface area contributed by atoms with Gasteiger partial charge in [-0.3, -0.25) is 4.79 Å². The Labute approximate surface area is 176 Å². The van der Waals surface area contributed by atoms with E-state index in [4.69, 9.17) is 0 Å². The van der Waals surface area contributed by atoms with Crippen LogP contribution in [0.25, 0.3) is 0 Å². The summed E-state index contributed by atoms with van der Waals surface area (Å²) in [5.74, 6) is 0.602. The van der Waals surface area contributed by atoms with Crippen LogP contribution in [0.1, 0.15) is 66.9 Å². The van der Waals surface area contributed by atoms with Crippen LogP contribution in [-0.2, 0) is 6.18 Å². The number of amides is 1. The quantitative estimate of drug-likeness (QED) is 0.584. The molecule has 1 aliphatic rings. The molecule has 1 aliphatic carbocycles. The summed E-state index contributed by atoms with van der Waals surface area (Å²) in [6.07, 6.45) is -0.821. The molecule has 3 rings (SSSR count). The molecule has 2 aromatic carbocycles. The van der Waals surface area contributed by atoms with Crippen LogP contribution < -0.4 is 10.6 Å². The Morgan fingerprint density at radius 1 is 1.03 bits per heavy atom. The average molecular weight is 419 g/mol. The van der Waals surface area contributed by atoms with Crippen molar-refractivity contribution in [3.8, 4) is 0 Å². The Bertz CT molecular complexity index is 838. The third-order valence-electron chi connectivity index (χ3n) is 5.81. The molecule has 6 heteroatoms. The molecule has 0 radical (unpaired) electrons. The third kappa shape index (κ3) is 6.00. The smallest absolute Gasteiger partial charge is 0.385 e. The number of alkyl halides is 3. The largest absolute Gasteiger partial charge is 0.416 e. The summed E-state index contributed by atoms with van der Waals surface area (Å²) in [5.41, 5.74) is 1.68. The predicted octanol–water partition coefficient (Wildman–Crippen LogP) is 6.23. The molecule has 30 heavy (non-hydrogen) atoms. The standard InChI is InChI=1S/C24H29F3N2O/c1-16(2)18-8-12-21(13-9-18)28-15-17-6-10-22(11-7-17)29-23(30)19-4-3-5-20(14-19)24(25,26)27/h3-5,8-9,12-14,16-17,22,28H,6-7,10-11,15H2,1-2H3,(H,29,30)/t17-,22-. The Balaban J connectivity index is 1.45. The summed E-state index contributed by atoms with van der Waals surface area (Å²) in [6, 6.07) is 13.1. The van der Waals surface area contributed by atoms with E-state index in [2.05, 4.69) is 48.7 Å². The van der Waals surface area contributed by atoms with Gasteiger partial charge in [0.05, 0.1) is 5.56 Å². The molecular formula is C24H29F3N2O. The van der Waals surface area contributed by atoms with E-state index in [-0.39, 0.29) is 11.6 Å². The summed E-state index contributed by atoms with van der Waals surface area (Å²) in [7, 11) is 0. The molecule has 2 aromatic rings. The number of hydrogen-bond donors (Lipinski definition) is 2. The number of hydrogen-bond acceptors (Lipinski definition) is 2. The first-order valence-electron chi connectivity index (χ1n) is 10.5. The second kappa shape index (κ2) is 9.54. The summed E-state index contributed by atoms with van der Waals surface area (Å²) in [6.45, 7) is 5.23. The number of anilines is 1. The lowest BCUT2D eigenvalue weighted by molar-refractivity contribution is -0.137. The number of carbonyl (C=O) groups excluding carboxylic acids is 1. The van der Waals surface area contributed by atoms with Crippen molar-refractivity contribution in [2.45, 2.75) is 57.7 Å². The lowest BCUT2D eigenvalue weighted by atomic mass is 9.86. The van der Waals surface area contributed by atoms with E-state index in [0.29, 0.717) is 11.8 Å². The highest BCUT2D eigenvalue weighted by molar-refractivity contribution is 5.94. The third-order valence-corrected chi connectivity index (χ3v) is 5.81. The molecule has 0 atom stereocenters. The second-order valence-electron chi connectivity index (χ2n) is 8.43. The predicted molar refractivity (Wildman–Crippen MR) is 114 cm³/mol. The van der Waals surface area contributed by atoms with Gasteiger partial charge in [0.1, 0.15) is 0 Å². The van der Waals surface area contributed by atoms with Gasteiger partial charge in [-0.05, 0) is 73.4 Å². The molecule has 0 saturated heterocycles. The molecule has 1 fully saturated rings. The minimum atomic E-state index is -4.45. The van der Waals surface area contributed by atoms with E-state index in [1.54, 1.807) is 0 Å². The first-order chi connectivity index (χ1) is 14.2. The van der Waals surface area contributed by atoms with E-state index in [1.165, 1.54) is 17.7 Å². The zero-order valence-corrected chi connectivity index (χ0v) is 17.4. The van der Waals surface area contributed by atoms with Crippen LogP contribution in [0, 0.1) is 5.92 Å². The molecule has 3 nitrogen and oxygen atoms in total. The van der Waals surface area contributed by atoms with Crippen LogP contribution >= 0.6 is 0 Å². The number of nitrogens with one attached hydrogen (secondary N) is 2. The first kappa shape index (κ1) is 22.2. The fourth-order valence-electron chi connectivity index (χ4n) is 3.86. The van der Waals surface area contributed by atoms with E-state index >= 15 is 0 Å². The molecule has 0 bridgehead atoms. The molecule has 0 unspecified atom stereocenters. The lowest BCUT2D eigenvalue weighted by Crippen LogP contribution is -2.38. The SMILES string of the molecule is CC(C)c1ccc(NC[C@H]2CC[C@H](NC(=O)c3cccc(C(F)(F)F)c3)CC2)cc1. The molecule has 2 N–H and O–H groups in total. The van der Waals surface area contributed by atoms with Crippen molar-refractivity contribution in [1.29, 1.82) is 0 Å². The Hall–Kier alpha value is -2.50. The van der Waals surface area contributed by atoms with Crippen molar-refractivity contribution >= 4 is 11.6 Å². The van der Waals surface area contributed by atoms with Crippen molar-refractivity contribution in [2.75, 3.05) is 11.9 Å². The number of halogens is 3. The van der Waals surface area contributed by atoms with E-state index in [1.807, 2.05) is 0 Å². The minimum Gasteiger partial charge on any atom is -0.385 e. The van der Waals surface area contributed by atoms with E-state index in [0.717, 1.165) is 50.0 Å². The van der Waals surface area contributed by atoms with Gasteiger partial charge in [-0.15, -0.1) is 0 Å². The highest BCUT2D eigenvalue weighted by Gasteiger charge is 2.31. The molecule has 0 aliphatic heterocycles. The fourth-order valence-corrected chi connectivity index (χ4v) is 3.86. The van der Waals surface area contributed by atoms with Gasteiger partial charge < -0.3 is 10.6 Å². The van der Waals surface area contributed by atoms with Gasteiger partial charge >= 0.3 is 6.18 Å². The van der Waals surface area contributed by atoms with Gasteiger partial charge in [0, 0.05) is 23.8 Å². The van der Waals surface area contributed by atoms with Crippen LogP contribution in [0.4, 0.5) is 18.9 Å². The molecule has 1 saturated carbocycles. The van der Waals surface area contributed by atoms with Gasteiger partial charge in [0.25, 0.3) is 5.91 Å². The molecular weight excluding hydrogens is 389 g/mol.